The Morgan fingerprint density at radius 3 is 2.26 bits per heavy atom. The third-order valence-electron chi connectivity index (χ3n) is 5.20. The molecule has 0 aromatic heterocycles. The molecule has 19 heavy (non-hydrogen) atoms. The second-order valence-corrected chi connectivity index (χ2v) is 6.47. The second kappa shape index (κ2) is 7.28. The molecule has 2 aliphatic carbocycles. The lowest BCUT2D eigenvalue weighted by atomic mass is 9.79. The maximum absolute atomic E-state index is 12.5. The Labute approximate surface area is 117 Å². The lowest BCUT2D eigenvalue weighted by Gasteiger charge is -2.36. The fourth-order valence-electron chi connectivity index (χ4n) is 3.82. The Bertz CT molecular complexity index is 278. The molecule has 0 radical (unpaired) electrons. The molecule has 2 rings (SSSR count). The Hall–Kier alpha value is -0.570. The number of hydrogen-bond acceptors (Lipinski definition) is 2. The fourth-order valence-corrected chi connectivity index (χ4v) is 3.82. The number of aliphatic hydroxyl groups is 1. The zero-order valence-corrected chi connectivity index (χ0v) is 12.3. The summed E-state index contributed by atoms with van der Waals surface area (Å²) in [4.78, 5) is 14.6. The van der Waals surface area contributed by atoms with Gasteiger partial charge in [0, 0.05) is 25.6 Å². The van der Waals surface area contributed by atoms with Crippen molar-refractivity contribution in [2.24, 2.45) is 11.8 Å². The van der Waals surface area contributed by atoms with Crippen LogP contribution >= 0.6 is 0 Å². The second-order valence-electron chi connectivity index (χ2n) is 6.47. The van der Waals surface area contributed by atoms with Crippen molar-refractivity contribution in [1.82, 2.24) is 4.90 Å². The van der Waals surface area contributed by atoms with Gasteiger partial charge in [0.25, 0.3) is 0 Å². The molecule has 0 unspecified atom stereocenters. The van der Waals surface area contributed by atoms with E-state index in [1.165, 1.54) is 32.1 Å². The molecule has 0 atom stereocenters. The Morgan fingerprint density at radius 2 is 1.68 bits per heavy atom. The van der Waals surface area contributed by atoms with Crippen LogP contribution in [0, 0.1) is 11.8 Å². The van der Waals surface area contributed by atoms with Gasteiger partial charge in [-0.05, 0) is 50.9 Å². The van der Waals surface area contributed by atoms with Crippen molar-refractivity contribution in [2.75, 3.05) is 13.7 Å². The van der Waals surface area contributed by atoms with Crippen molar-refractivity contribution in [2.45, 2.75) is 70.3 Å². The molecule has 3 heteroatoms. The van der Waals surface area contributed by atoms with Crippen molar-refractivity contribution < 1.29 is 9.90 Å². The highest BCUT2D eigenvalue weighted by molar-refractivity contribution is 5.79. The maximum Gasteiger partial charge on any atom is 0.225 e. The molecule has 110 valence electrons. The number of amides is 1. The van der Waals surface area contributed by atoms with Crippen LogP contribution in [0.15, 0.2) is 0 Å². The lowest BCUT2D eigenvalue weighted by Crippen LogP contribution is -2.42. The summed E-state index contributed by atoms with van der Waals surface area (Å²) in [5.41, 5.74) is 0. The topological polar surface area (TPSA) is 40.5 Å². The van der Waals surface area contributed by atoms with Crippen LogP contribution in [0.2, 0.25) is 0 Å². The van der Waals surface area contributed by atoms with E-state index in [1.54, 1.807) is 0 Å². The van der Waals surface area contributed by atoms with E-state index in [9.17, 15) is 4.79 Å². The molecule has 2 fully saturated rings. The highest BCUT2D eigenvalue weighted by atomic mass is 16.3. The first-order valence-electron chi connectivity index (χ1n) is 8.10. The molecular formula is C16H29NO2. The van der Waals surface area contributed by atoms with Crippen molar-refractivity contribution in [1.29, 1.82) is 0 Å². The Kier molecular flexibility index (Phi) is 5.68. The number of nitrogens with zero attached hydrogens (tertiary/aromatic N) is 1. The summed E-state index contributed by atoms with van der Waals surface area (Å²) in [6.45, 7) is 0.297. The maximum atomic E-state index is 12.5. The van der Waals surface area contributed by atoms with E-state index in [-0.39, 0.29) is 5.92 Å². The van der Waals surface area contributed by atoms with Gasteiger partial charge in [-0.15, -0.1) is 0 Å². The van der Waals surface area contributed by atoms with Crippen LogP contribution in [0.25, 0.3) is 0 Å². The molecule has 0 saturated heterocycles. The molecule has 2 aliphatic rings. The molecule has 0 heterocycles. The van der Waals surface area contributed by atoms with Crippen LogP contribution in [-0.2, 0) is 4.79 Å². The van der Waals surface area contributed by atoms with E-state index in [4.69, 9.17) is 5.11 Å². The molecule has 0 aromatic carbocycles. The number of hydrogen-bond donors (Lipinski definition) is 1. The third-order valence-corrected chi connectivity index (χ3v) is 5.20. The first-order valence-corrected chi connectivity index (χ1v) is 8.10. The van der Waals surface area contributed by atoms with Gasteiger partial charge < -0.3 is 10.0 Å². The van der Waals surface area contributed by atoms with Gasteiger partial charge in [0.1, 0.15) is 0 Å². The third kappa shape index (κ3) is 3.95. The van der Waals surface area contributed by atoms with E-state index >= 15 is 0 Å². The monoisotopic (exact) mass is 267 g/mol. The van der Waals surface area contributed by atoms with Crippen LogP contribution in [0.5, 0.6) is 0 Å². The van der Waals surface area contributed by atoms with E-state index in [1.807, 2.05) is 7.05 Å². The Morgan fingerprint density at radius 1 is 1.05 bits per heavy atom. The average Bonchev–Trinajstić information content (AvgIpc) is 2.48. The van der Waals surface area contributed by atoms with Crippen LogP contribution in [0.3, 0.4) is 0 Å². The summed E-state index contributed by atoms with van der Waals surface area (Å²) in [7, 11) is 2.01. The van der Waals surface area contributed by atoms with Gasteiger partial charge in [-0.25, -0.2) is 0 Å². The van der Waals surface area contributed by atoms with Gasteiger partial charge in [0.2, 0.25) is 5.91 Å². The molecule has 3 nitrogen and oxygen atoms in total. The predicted molar refractivity (Wildman–Crippen MR) is 76.8 cm³/mol. The van der Waals surface area contributed by atoms with E-state index in [2.05, 4.69) is 4.90 Å². The molecule has 0 aliphatic heterocycles. The van der Waals surface area contributed by atoms with Gasteiger partial charge in [-0.2, -0.15) is 0 Å². The van der Waals surface area contributed by atoms with Crippen molar-refractivity contribution >= 4 is 5.91 Å². The summed E-state index contributed by atoms with van der Waals surface area (Å²) in [5, 5.41) is 8.98. The minimum atomic E-state index is 0.252. The zero-order chi connectivity index (χ0) is 13.7. The van der Waals surface area contributed by atoms with E-state index in [0.717, 1.165) is 32.1 Å². The lowest BCUT2D eigenvalue weighted by molar-refractivity contribution is -0.138. The number of carbonyl (C=O) groups is 1. The largest absolute Gasteiger partial charge is 0.396 e. The standard InChI is InChI=1S/C16H29NO2/c1-17(15-5-3-2-4-6-15)16(19)14-9-7-13(8-10-14)11-12-18/h13-15,18H,2-12H2,1H3. The van der Waals surface area contributed by atoms with Crippen LogP contribution < -0.4 is 0 Å². The molecule has 2 saturated carbocycles. The quantitative estimate of drug-likeness (QED) is 0.850. The van der Waals surface area contributed by atoms with Gasteiger partial charge in [0.15, 0.2) is 0 Å². The molecular weight excluding hydrogens is 238 g/mol. The fraction of sp³-hybridized carbons (Fsp3) is 0.938. The zero-order valence-electron chi connectivity index (χ0n) is 12.3. The van der Waals surface area contributed by atoms with E-state index < -0.39 is 0 Å². The first-order chi connectivity index (χ1) is 9.22. The molecule has 0 bridgehead atoms. The van der Waals surface area contributed by atoms with Crippen molar-refractivity contribution in [3.05, 3.63) is 0 Å². The summed E-state index contributed by atoms with van der Waals surface area (Å²) in [6, 6.07) is 0.497. The van der Waals surface area contributed by atoms with Gasteiger partial charge in [0.05, 0.1) is 0 Å². The summed E-state index contributed by atoms with van der Waals surface area (Å²) < 4.78 is 0. The average molecular weight is 267 g/mol. The first kappa shape index (κ1) is 14.8. The highest BCUT2D eigenvalue weighted by Crippen LogP contribution is 2.33. The SMILES string of the molecule is CN(C(=O)C1CCC(CCO)CC1)C1CCCCC1. The number of carbonyl (C=O) groups excluding carboxylic acids is 1. The van der Waals surface area contributed by atoms with Crippen LogP contribution in [0.1, 0.15) is 64.2 Å². The highest BCUT2D eigenvalue weighted by Gasteiger charge is 2.31. The van der Waals surface area contributed by atoms with Crippen LogP contribution in [0.4, 0.5) is 0 Å². The summed E-state index contributed by atoms with van der Waals surface area (Å²) >= 11 is 0. The van der Waals surface area contributed by atoms with Gasteiger partial charge >= 0.3 is 0 Å². The molecule has 1 N–H and O–H groups in total. The summed E-state index contributed by atoms with van der Waals surface area (Å²) in [5.74, 6) is 1.28. The van der Waals surface area contributed by atoms with Crippen LogP contribution in [-0.4, -0.2) is 35.6 Å². The molecule has 0 spiro atoms. The van der Waals surface area contributed by atoms with Gasteiger partial charge in [-0.1, -0.05) is 19.3 Å². The Balaban J connectivity index is 1.79. The van der Waals surface area contributed by atoms with Crippen molar-refractivity contribution in [3.63, 3.8) is 0 Å². The normalized spacial score (nSPS) is 29.2. The minimum absolute atomic E-state index is 0.252. The number of rotatable bonds is 4. The summed E-state index contributed by atoms with van der Waals surface area (Å²) in [6.07, 6.45) is 11.5. The van der Waals surface area contributed by atoms with Gasteiger partial charge in [-0.3, -0.25) is 4.79 Å². The smallest absolute Gasteiger partial charge is 0.225 e. The molecule has 1 amide bonds. The van der Waals surface area contributed by atoms with E-state index in [0.29, 0.717) is 24.5 Å². The predicted octanol–water partition coefficient (Wildman–Crippen LogP) is 2.97. The molecule has 0 aromatic rings. The van der Waals surface area contributed by atoms with Crippen molar-refractivity contribution in [3.8, 4) is 0 Å². The minimum Gasteiger partial charge on any atom is -0.396 e. The number of aliphatic hydroxyl groups excluding tert-OH is 1.